The average molecular weight is 318 g/mol. The summed E-state index contributed by atoms with van der Waals surface area (Å²) in [5.74, 6) is 1.55. The Morgan fingerprint density at radius 3 is 1.96 bits per heavy atom. The summed E-state index contributed by atoms with van der Waals surface area (Å²) in [6.07, 6.45) is 18.1. The Labute approximate surface area is 139 Å². The molecule has 2 atom stereocenters. The third-order valence-electron chi connectivity index (χ3n) is 2.84. The fraction of sp³-hybridized carbons (Fsp3) is 0.474. The van der Waals surface area contributed by atoms with Crippen molar-refractivity contribution in [2.24, 2.45) is 0 Å². The summed E-state index contributed by atoms with van der Waals surface area (Å²) in [7, 11) is 0. The van der Waals surface area contributed by atoms with Gasteiger partial charge in [-0.1, -0.05) is 43.2 Å². The molecule has 0 amide bonds. The topological polar surface area (TPSA) is 52.6 Å². The molecule has 0 aliphatic carbocycles. The van der Waals surface area contributed by atoms with E-state index in [9.17, 15) is 9.59 Å². The highest BCUT2D eigenvalue weighted by atomic mass is 16.6. The van der Waals surface area contributed by atoms with Crippen molar-refractivity contribution in [1.29, 1.82) is 0 Å². The molecule has 0 spiro atoms. The molecule has 0 aromatic carbocycles. The summed E-state index contributed by atoms with van der Waals surface area (Å²) in [6.45, 7) is 4.74. The predicted octanol–water partition coefficient (Wildman–Crippen LogP) is 3.73. The number of esters is 2. The minimum Gasteiger partial charge on any atom is -0.458 e. The monoisotopic (exact) mass is 318 g/mol. The lowest BCUT2D eigenvalue weighted by atomic mass is 10.1. The van der Waals surface area contributed by atoms with Gasteiger partial charge in [0, 0.05) is 26.7 Å². The Morgan fingerprint density at radius 1 is 0.957 bits per heavy atom. The second-order valence-electron chi connectivity index (χ2n) is 4.92. The third kappa shape index (κ3) is 12.0. The minimum absolute atomic E-state index is 0.394. The second-order valence-corrected chi connectivity index (χ2v) is 4.92. The number of rotatable bonds is 10. The van der Waals surface area contributed by atoms with Crippen molar-refractivity contribution < 1.29 is 19.1 Å². The number of carbonyl (C=O) groups is 2. The molecule has 0 fully saturated rings. The number of hydrogen-bond acceptors (Lipinski definition) is 4. The van der Waals surface area contributed by atoms with Gasteiger partial charge in [0.25, 0.3) is 0 Å². The molecule has 0 saturated heterocycles. The van der Waals surface area contributed by atoms with Crippen molar-refractivity contribution >= 4 is 11.9 Å². The van der Waals surface area contributed by atoms with E-state index in [1.165, 1.54) is 19.9 Å². The molecule has 0 unspecified atom stereocenters. The third-order valence-corrected chi connectivity index (χ3v) is 2.84. The van der Waals surface area contributed by atoms with Gasteiger partial charge in [0.2, 0.25) is 0 Å². The van der Waals surface area contributed by atoms with Gasteiger partial charge in [-0.25, -0.2) is 0 Å². The second kappa shape index (κ2) is 13.4. The number of terminal acetylenes is 1. The number of carbonyl (C=O) groups excluding carboxylic acids is 2. The number of hydrogen-bond donors (Lipinski definition) is 0. The van der Waals surface area contributed by atoms with E-state index in [2.05, 4.69) is 25.0 Å². The average Bonchev–Trinajstić information content (AvgIpc) is 2.48. The van der Waals surface area contributed by atoms with Crippen LogP contribution in [0, 0.1) is 12.3 Å². The van der Waals surface area contributed by atoms with Crippen LogP contribution in [0.25, 0.3) is 0 Å². The molecular formula is C19H26O4. The van der Waals surface area contributed by atoms with Crippen LogP contribution in [0.4, 0.5) is 0 Å². The molecule has 23 heavy (non-hydrogen) atoms. The smallest absolute Gasteiger partial charge is 0.303 e. The minimum atomic E-state index is -0.558. The quantitative estimate of drug-likeness (QED) is 0.350. The van der Waals surface area contributed by atoms with Gasteiger partial charge in [-0.3, -0.25) is 9.59 Å². The SMILES string of the molecule is C#C/C=C/C[C@@H](OC(C)=O)[C@@H](C/C=C\C/C=C/CC)OC(C)=O. The fourth-order valence-corrected chi connectivity index (χ4v) is 1.92. The van der Waals surface area contributed by atoms with E-state index in [4.69, 9.17) is 15.9 Å². The lowest BCUT2D eigenvalue weighted by Crippen LogP contribution is -2.33. The first-order valence-corrected chi connectivity index (χ1v) is 7.76. The normalized spacial score (nSPS) is 14.0. The van der Waals surface area contributed by atoms with E-state index in [1.807, 2.05) is 12.2 Å². The van der Waals surface area contributed by atoms with Crippen molar-refractivity contribution in [2.45, 2.75) is 58.7 Å². The van der Waals surface area contributed by atoms with Crippen molar-refractivity contribution in [2.75, 3.05) is 0 Å². The molecule has 4 heteroatoms. The van der Waals surface area contributed by atoms with Gasteiger partial charge < -0.3 is 9.47 Å². The lowest BCUT2D eigenvalue weighted by Gasteiger charge is -2.24. The van der Waals surface area contributed by atoms with Gasteiger partial charge in [-0.2, -0.15) is 0 Å². The van der Waals surface area contributed by atoms with Crippen LogP contribution in [0.15, 0.2) is 36.5 Å². The van der Waals surface area contributed by atoms with Gasteiger partial charge >= 0.3 is 11.9 Å². The summed E-state index contributed by atoms with van der Waals surface area (Å²) in [6, 6.07) is 0. The van der Waals surface area contributed by atoms with Crippen LogP contribution < -0.4 is 0 Å². The molecule has 0 aromatic heterocycles. The zero-order valence-electron chi connectivity index (χ0n) is 14.2. The molecular weight excluding hydrogens is 292 g/mol. The van der Waals surface area contributed by atoms with Crippen LogP contribution >= 0.6 is 0 Å². The van der Waals surface area contributed by atoms with Crippen LogP contribution in [0.2, 0.25) is 0 Å². The zero-order valence-corrected chi connectivity index (χ0v) is 14.2. The standard InChI is InChI=1S/C19H26O4/c1-5-7-9-10-11-13-15-19(23-17(4)21)18(22-16(3)20)14-12-8-6-2/h2,7-9,11-13,18-19H,5,10,14-15H2,1,3-4H3/b9-7+,12-8+,13-11-/t18-,19-/m1/s1. The predicted molar refractivity (Wildman–Crippen MR) is 91.5 cm³/mol. The molecule has 0 heterocycles. The van der Waals surface area contributed by atoms with E-state index in [-0.39, 0.29) is 0 Å². The largest absolute Gasteiger partial charge is 0.458 e. The number of ether oxygens (including phenoxy) is 2. The summed E-state index contributed by atoms with van der Waals surface area (Å²) < 4.78 is 10.6. The molecule has 0 aliphatic rings. The van der Waals surface area contributed by atoms with E-state index < -0.39 is 24.1 Å². The Bertz CT molecular complexity index is 480. The molecule has 0 aromatic rings. The van der Waals surface area contributed by atoms with Crippen LogP contribution in [0.5, 0.6) is 0 Å². The van der Waals surface area contributed by atoms with E-state index in [0.29, 0.717) is 12.8 Å². The van der Waals surface area contributed by atoms with Crippen LogP contribution in [0.3, 0.4) is 0 Å². The van der Waals surface area contributed by atoms with Crippen molar-refractivity contribution in [3.8, 4) is 12.3 Å². The van der Waals surface area contributed by atoms with Crippen molar-refractivity contribution in [1.82, 2.24) is 0 Å². The van der Waals surface area contributed by atoms with Crippen LogP contribution in [0.1, 0.15) is 46.5 Å². The van der Waals surface area contributed by atoms with Crippen LogP contribution in [-0.4, -0.2) is 24.1 Å². The molecule has 0 N–H and O–H groups in total. The van der Waals surface area contributed by atoms with Gasteiger partial charge in [-0.15, -0.1) is 6.42 Å². The fourth-order valence-electron chi connectivity index (χ4n) is 1.92. The van der Waals surface area contributed by atoms with Crippen LogP contribution in [-0.2, 0) is 19.1 Å². The Morgan fingerprint density at radius 2 is 1.48 bits per heavy atom. The highest BCUT2D eigenvalue weighted by Gasteiger charge is 2.25. The molecule has 0 radical (unpaired) electrons. The summed E-state index contributed by atoms with van der Waals surface area (Å²) >= 11 is 0. The first kappa shape index (κ1) is 20.7. The molecule has 4 nitrogen and oxygen atoms in total. The van der Waals surface area contributed by atoms with Gasteiger partial charge in [0.05, 0.1) is 0 Å². The first-order chi connectivity index (χ1) is 11.0. The highest BCUT2D eigenvalue weighted by molar-refractivity contribution is 5.67. The van der Waals surface area contributed by atoms with Crippen molar-refractivity contribution in [3.05, 3.63) is 36.5 Å². The van der Waals surface area contributed by atoms with Gasteiger partial charge in [0.1, 0.15) is 12.2 Å². The van der Waals surface area contributed by atoms with Crippen molar-refractivity contribution in [3.63, 3.8) is 0 Å². The maximum absolute atomic E-state index is 11.3. The Kier molecular flexibility index (Phi) is 12.1. The summed E-state index contributed by atoms with van der Waals surface area (Å²) in [5, 5.41) is 0. The summed E-state index contributed by atoms with van der Waals surface area (Å²) in [4.78, 5) is 22.6. The highest BCUT2D eigenvalue weighted by Crippen LogP contribution is 2.15. The molecule has 0 bridgehead atoms. The van der Waals surface area contributed by atoms with E-state index >= 15 is 0 Å². The maximum Gasteiger partial charge on any atom is 0.303 e. The first-order valence-electron chi connectivity index (χ1n) is 7.76. The van der Waals surface area contributed by atoms with E-state index in [0.717, 1.165) is 12.8 Å². The summed E-state index contributed by atoms with van der Waals surface area (Å²) in [5.41, 5.74) is 0. The molecule has 126 valence electrons. The Balaban J connectivity index is 4.85. The molecule has 0 rings (SSSR count). The van der Waals surface area contributed by atoms with E-state index in [1.54, 1.807) is 6.08 Å². The molecule has 0 saturated carbocycles. The molecule has 0 aliphatic heterocycles. The lowest BCUT2D eigenvalue weighted by molar-refractivity contribution is -0.164. The van der Waals surface area contributed by atoms with Gasteiger partial charge in [-0.05, 0) is 18.9 Å². The Hall–Kier alpha value is -2.28. The van der Waals surface area contributed by atoms with Gasteiger partial charge in [0.15, 0.2) is 0 Å². The number of allylic oxidation sites excluding steroid dienone is 4. The zero-order chi connectivity index (χ0) is 17.5. The maximum atomic E-state index is 11.3.